The largest absolute Gasteiger partial charge is 0.372 e. The highest BCUT2D eigenvalue weighted by molar-refractivity contribution is 6.30. The lowest BCUT2D eigenvalue weighted by molar-refractivity contribution is -0.123. The molecule has 2 aromatic rings. The summed E-state index contributed by atoms with van der Waals surface area (Å²) in [5.41, 5.74) is 3.37. The van der Waals surface area contributed by atoms with E-state index in [0.717, 1.165) is 18.7 Å². The van der Waals surface area contributed by atoms with E-state index in [9.17, 15) is 9.59 Å². The minimum absolute atomic E-state index is 0.240. The molecule has 3 rings (SSSR count). The molecule has 1 saturated heterocycles. The lowest BCUT2D eigenvalue weighted by Crippen LogP contribution is -2.29. The Balaban J connectivity index is 1.51. The van der Waals surface area contributed by atoms with E-state index in [2.05, 4.69) is 15.5 Å². The first-order chi connectivity index (χ1) is 13.0. The Bertz CT molecular complexity index is 815. The number of carbonyl (C=O) groups excluding carboxylic acids is 2. The number of amides is 2. The van der Waals surface area contributed by atoms with E-state index in [1.54, 1.807) is 18.2 Å². The van der Waals surface area contributed by atoms with E-state index >= 15 is 0 Å². The van der Waals surface area contributed by atoms with E-state index < -0.39 is 0 Å². The Morgan fingerprint density at radius 1 is 0.963 bits per heavy atom. The lowest BCUT2D eigenvalue weighted by Gasteiger charge is -2.28. The maximum Gasteiger partial charge on any atom is 0.233 e. The normalized spacial score (nSPS) is 13.9. The first-order valence-electron chi connectivity index (χ1n) is 9.22. The molecule has 6 heteroatoms. The predicted molar refractivity (Wildman–Crippen MR) is 111 cm³/mol. The molecule has 1 aliphatic heterocycles. The van der Waals surface area contributed by atoms with Crippen molar-refractivity contribution in [3.8, 4) is 0 Å². The third-order valence-corrected chi connectivity index (χ3v) is 4.89. The number of nitrogens with one attached hydrogen (secondary N) is 2. The fourth-order valence-electron chi connectivity index (χ4n) is 3.22. The molecule has 0 bridgehead atoms. The third kappa shape index (κ3) is 5.47. The number of halogens is 1. The van der Waals surface area contributed by atoms with Crippen molar-refractivity contribution in [3.63, 3.8) is 0 Å². The minimum atomic E-state index is -0.358. The van der Waals surface area contributed by atoms with Crippen LogP contribution < -0.4 is 15.5 Å². The van der Waals surface area contributed by atoms with Gasteiger partial charge in [0.15, 0.2) is 0 Å². The van der Waals surface area contributed by atoms with Gasteiger partial charge < -0.3 is 15.5 Å². The summed E-state index contributed by atoms with van der Waals surface area (Å²) in [5, 5.41) is 6.12. The zero-order valence-electron chi connectivity index (χ0n) is 15.4. The van der Waals surface area contributed by atoms with Gasteiger partial charge in [-0.25, -0.2) is 0 Å². The van der Waals surface area contributed by atoms with Crippen LogP contribution in [0.1, 0.15) is 31.2 Å². The second-order valence-corrected chi connectivity index (χ2v) is 7.26. The molecule has 0 saturated carbocycles. The predicted octanol–water partition coefficient (Wildman–Crippen LogP) is 4.61. The number of piperidine rings is 1. The Morgan fingerprint density at radius 2 is 1.63 bits per heavy atom. The smallest absolute Gasteiger partial charge is 0.233 e. The van der Waals surface area contributed by atoms with Crippen LogP contribution in [-0.2, 0) is 9.59 Å². The Morgan fingerprint density at radius 3 is 2.30 bits per heavy atom. The van der Waals surface area contributed by atoms with Crippen LogP contribution in [0.15, 0.2) is 42.5 Å². The molecule has 1 heterocycles. The highest BCUT2D eigenvalue weighted by atomic mass is 35.5. The van der Waals surface area contributed by atoms with Crippen LogP contribution in [0.3, 0.4) is 0 Å². The van der Waals surface area contributed by atoms with E-state index in [1.807, 2.05) is 31.2 Å². The quantitative estimate of drug-likeness (QED) is 0.739. The van der Waals surface area contributed by atoms with Crippen LogP contribution in [0, 0.1) is 6.92 Å². The summed E-state index contributed by atoms with van der Waals surface area (Å²) in [4.78, 5) is 26.6. The highest BCUT2D eigenvalue weighted by Crippen LogP contribution is 2.22. The van der Waals surface area contributed by atoms with Gasteiger partial charge in [0, 0.05) is 35.2 Å². The molecule has 0 aliphatic carbocycles. The van der Waals surface area contributed by atoms with Gasteiger partial charge in [0.2, 0.25) is 11.8 Å². The van der Waals surface area contributed by atoms with Crippen LogP contribution >= 0.6 is 11.6 Å². The average molecular weight is 386 g/mol. The van der Waals surface area contributed by atoms with Crippen molar-refractivity contribution in [2.75, 3.05) is 28.6 Å². The van der Waals surface area contributed by atoms with Crippen molar-refractivity contribution in [3.05, 3.63) is 53.1 Å². The van der Waals surface area contributed by atoms with Gasteiger partial charge in [-0.15, -0.1) is 0 Å². The molecule has 0 atom stereocenters. The van der Waals surface area contributed by atoms with Crippen LogP contribution in [0.4, 0.5) is 17.1 Å². The second-order valence-electron chi connectivity index (χ2n) is 6.83. The van der Waals surface area contributed by atoms with Crippen molar-refractivity contribution in [2.45, 2.75) is 32.6 Å². The van der Waals surface area contributed by atoms with Crippen molar-refractivity contribution < 1.29 is 9.59 Å². The number of rotatable bonds is 5. The SMILES string of the molecule is Cc1cc(Cl)ccc1NC(=O)CC(=O)Nc1ccc(N2CCCCC2)cc1. The second kappa shape index (κ2) is 8.91. The van der Waals surface area contributed by atoms with E-state index in [4.69, 9.17) is 11.6 Å². The first-order valence-corrected chi connectivity index (χ1v) is 9.60. The fraction of sp³-hybridized carbons (Fsp3) is 0.333. The fourth-order valence-corrected chi connectivity index (χ4v) is 3.45. The van der Waals surface area contributed by atoms with Gasteiger partial charge in [-0.3, -0.25) is 9.59 Å². The van der Waals surface area contributed by atoms with Gasteiger partial charge in [-0.2, -0.15) is 0 Å². The maximum absolute atomic E-state index is 12.1. The molecular weight excluding hydrogens is 362 g/mol. The van der Waals surface area contributed by atoms with Crippen molar-refractivity contribution in [2.24, 2.45) is 0 Å². The van der Waals surface area contributed by atoms with Gasteiger partial charge in [-0.05, 0) is 74.2 Å². The number of anilines is 3. The van der Waals surface area contributed by atoms with Crippen molar-refractivity contribution in [1.29, 1.82) is 0 Å². The van der Waals surface area contributed by atoms with E-state index in [1.165, 1.54) is 24.9 Å². The summed E-state index contributed by atoms with van der Waals surface area (Å²) >= 11 is 5.91. The monoisotopic (exact) mass is 385 g/mol. The summed E-state index contributed by atoms with van der Waals surface area (Å²) in [6.07, 6.45) is 3.50. The molecule has 142 valence electrons. The molecule has 1 fully saturated rings. The molecule has 0 unspecified atom stereocenters. The summed E-state index contributed by atoms with van der Waals surface area (Å²) < 4.78 is 0. The van der Waals surface area contributed by atoms with Gasteiger partial charge >= 0.3 is 0 Å². The standard InChI is InChI=1S/C21H24ClN3O2/c1-15-13-16(22)5-10-19(15)24-21(27)14-20(26)23-17-6-8-18(9-7-17)25-11-3-2-4-12-25/h5-10,13H,2-4,11-12,14H2,1H3,(H,23,26)(H,24,27). The van der Waals surface area contributed by atoms with Crippen LogP contribution in [-0.4, -0.2) is 24.9 Å². The number of aryl methyl sites for hydroxylation is 1. The molecule has 2 aromatic carbocycles. The summed E-state index contributed by atoms with van der Waals surface area (Å²) in [6, 6.07) is 13.0. The first kappa shape index (κ1) is 19.2. The topological polar surface area (TPSA) is 61.4 Å². The number of hydrogen-bond donors (Lipinski definition) is 2. The number of hydrogen-bond acceptors (Lipinski definition) is 3. The zero-order valence-corrected chi connectivity index (χ0v) is 16.2. The summed E-state index contributed by atoms with van der Waals surface area (Å²) in [6.45, 7) is 4.01. The van der Waals surface area contributed by atoms with E-state index in [-0.39, 0.29) is 18.2 Å². The maximum atomic E-state index is 12.1. The van der Waals surface area contributed by atoms with Crippen LogP contribution in [0.5, 0.6) is 0 Å². The number of benzene rings is 2. The van der Waals surface area contributed by atoms with Gasteiger partial charge in [0.1, 0.15) is 6.42 Å². The van der Waals surface area contributed by atoms with E-state index in [0.29, 0.717) is 16.4 Å². The molecule has 1 aliphatic rings. The number of nitrogens with zero attached hydrogens (tertiary/aromatic N) is 1. The highest BCUT2D eigenvalue weighted by Gasteiger charge is 2.13. The van der Waals surface area contributed by atoms with Crippen LogP contribution in [0.25, 0.3) is 0 Å². The molecule has 0 aromatic heterocycles. The zero-order chi connectivity index (χ0) is 19.2. The summed E-state index contributed by atoms with van der Waals surface area (Å²) in [7, 11) is 0. The molecule has 27 heavy (non-hydrogen) atoms. The van der Waals surface area contributed by atoms with Gasteiger partial charge in [0.25, 0.3) is 0 Å². The molecule has 2 N–H and O–H groups in total. The number of carbonyl (C=O) groups is 2. The Labute approximate surface area is 164 Å². The molecule has 2 amide bonds. The molecule has 0 radical (unpaired) electrons. The van der Waals surface area contributed by atoms with Gasteiger partial charge in [-0.1, -0.05) is 11.6 Å². The third-order valence-electron chi connectivity index (χ3n) is 4.66. The lowest BCUT2D eigenvalue weighted by atomic mass is 10.1. The summed E-state index contributed by atoms with van der Waals surface area (Å²) in [5.74, 6) is -0.701. The van der Waals surface area contributed by atoms with Crippen LogP contribution in [0.2, 0.25) is 5.02 Å². The molecular formula is C21H24ClN3O2. The Hall–Kier alpha value is -2.53. The molecule has 5 nitrogen and oxygen atoms in total. The molecule has 0 spiro atoms. The van der Waals surface area contributed by atoms with Gasteiger partial charge in [0.05, 0.1) is 0 Å². The van der Waals surface area contributed by atoms with Crippen molar-refractivity contribution in [1.82, 2.24) is 0 Å². The Kier molecular flexibility index (Phi) is 6.35. The average Bonchev–Trinajstić information content (AvgIpc) is 2.65. The van der Waals surface area contributed by atoms with Crippen molar-refractivity contribution >= 4 is 40.5 Å². The minimum Gasteiger partial charge on any atom is -0.372 e.